The molecule has 5 nitrogen and oxygen atoms in total. The van der Waals surface area contributed by atoms with Gasteiger partial charge in [0.15, 0.2) is 5.69 Å². The zero-order chi connectivity index (χ0) is 15.4. The minimum absolute atomic E-state index is 0.0257. The van der Waals surface area contributed by atoms with Crippen LogP contribution in [0.5, 0.6) is 0 Å². The first-order chi connectivity index (χ1) is 10.0. The van der Waals surface area contributed by atoms with E-state index in [2.05, 4.69) is 22.2 Å². The fourth-order valence-electron chi connectivity index (χ4n) is 2.64. The van der Waals surface area contributed by atoms with Crippen LogP contribution >= 0.6 is 0 Å². The van der Waals surface area contributed by atoms with Crippen LogP contribution < -0.4 is 5.32 Å². The van der Waals surface area contributed by atoms with E-state index in [0.717, 1.165) is 31.8 Å². The number of hydrogen-bond acceptors (Lipinski definition) is 4. The second-order valence-electron chi connectivity index (χ2n) is 6.22. The first kappa shape index (κ1) is 15.7. The average molecular weight is 290 g/mol. The van der Waals surface area contributed by atoms with Gasteiger partial charge in [0.25, 0.3) is 5.91 Å². The Morgan fingerprint density at radius 2 is 2.14 bits per heavy atom. The molecule has 0 saturated carbocycles. The third-order valence-electron chi connectivity index (χ3n) is 4.10. The molecule has 21 heavy (non-hydrogen) atoms. The second-order valence-corrected chi connectivity index (χ2v) is 6.22. The molecule has 1 amide bonds. The van der Waals surface area contributed by atoms with Crippen molar-refractivity contribution in [2.45, 2.75) is 46.0 Å². The lowest BCUT2D eigenvalue weighted by Gasteiger charge is -2.21. The third-order valence-corrected chi connectivity index (χ3v) is 4.10. The number of amides is 1. The predicted octanol–water partition coefficient (Wildman–Crippen LogP) is 2.90. The van der Waals surface area contributed by atoms with Crippen LogP contribution in [0.1, 0.15) is 62.3 Å². The van der Waals surface area contributed by atoms with Gasteiger partial charge in [0.1, 0.15) is 5.82 Å². The van der Waals surface area contributed by atoms with E-state index in [4.69, 9.17) is 0 Å². The van der Waals surface area contributed by atoms with E-state index in [1.165, 1.54) is 6.42 Å². The maximum Gasteiger partial charge on any atom is 0.274 e. The summed E-state index contributed by atoms with van der Waals surface area (Å²) in [5, 5.41) is 3.03. The van der Waals surface area contributed by atoms with E-state index in [0.29, 0.717) is 17.3 Å². The zero-order valence-electron chi connectivity index (χ0n) is 13.5. The molecule has 0 aliphatic carbocycles. The van der Waals surface area contributed by atoms with Crippen LogP contribution in [0, 0.1) is 5.92 Å². The summed E-state index contributed by atoms with van der Waals surface area (Å²) in [6, 6.07) is 0. The molecule has 1 unspecified atom stereocenters. The number of aromatic nitrogens is 2. The van der Waals surface area contributed by atoms with Gasteiger partial charge in [-0.1, -0.05) is 20.8 Å². The third kappa shape index (κ3) is 3.71. The first-order valence-corrected chi connectivity index (χ1v) is 7.87. The molecule has 0 bridgehead atoms. The highest BCUT2D eigenvalue weighted by molar-refractivity contribution is 5.97. The summed E-state index contributed by atoms with van der Waals surface area (Å²) in [5.74, 6) is 1.66. The van der Waals surface area contributed by atoms with Gasteiger partial charge in [-0.15, -0.1) is 0 Å². The van der Waals surface area contributed by atoms with Crippen molar-refractivity contribution in [3.8, 4) is 0 Å². The number of carbonyl (C=O) groups is 1. The topological polar surface area (TPSA) is 58.1 Å². The Bertz CT molecular complexity index is 501. The average Bonchev–Trinajstić information content (AvgIpc) is 2.70. The van der Waals surface area contributed by atoms with Crippen molar-refractivity contribution in [2.24, 2.45) is 5.92 Å². The maximum absolute atomic E-state index is 12.8. The highest BCUT2D eigenvalue weighted by Gasteiger charge is 2.24. The molecule has 2 heterocycles. The number of likely N-dealkylation sites (tertiary alicyclic amines) is 1. The molecule has 0 spiro atoms. The summed E-state index contributed by atoms with van der Waals surface area (Å²) in [6.07, 6.45) is 5.06. The van der Waals surface area contributed by atoms with Gasteiger partial charge < -0.3 is 10.2 Å². The lowest BCUT2D eigenvalue weighted by molar-refractivity contribution is 0.0755. The number of hydrogen-bond donors (Lipinski definition) is 1. The van der Waals surface area contributed by atoms with E-state index in [-0.39, 0.29) is 11.8 Å². The van der Waals surface area contributed by atoms with Crippen molar-refractivity contribution in [1.29, 1.82) is 0 Å². The number of rotatable bonds is 3. The predicted molar refractivity (Wildman–Crippen MR) is 84.6 cm³/mol. The second kappa shape index (κ2) is 6.87. The van der Waals surface area contributed by atoms with Crippen LogP contribution in [0.4, 0.5) is 5.69 Å². The molecular formula is C16H26N4O. The monoisotopic (exact) mass is 290 g/mol. The number of carbonyl (C=O) groups excluding carboxylic acids is 1. The largest absolute Gasteiger partial charge is 0.385 e. The number of nitrogens with one attached hydrogen (secondary N) is 1. The molecular weight excluding hydrogens is 264 g/mol. The molecule has 0 radical (unpaired) electrons. The molecule has 1 fully saturated rings. The molecule has 1 aliphatic heterocycles. The molecule has 1 atom stereocenters. The quantitative estimate of drug-likeness (QED) is 0.930. The van der Waals surface area contributed by atoms with Crippen LogP contribution in [0.25, 0.3) is 0 Å². The summed E-state index contributed by atoms with van der Waals surface area (Å²) < 4.78 is 0. The van der Waals surface area contributed by atoms with Crippen LogP contribution in [0.3, 0.4) is 0 Å². The molecule has 0 aromatic carbocycles. The lowest BCUT2D eigenvalue weighted by Crippen LogP contribution is -2.33. The SMILES string of the molecule is CNc1cnc(C(C)C)nc1C(=O)N1CCCC(C)CC1. The molecule has 2 rings (SSSR count). The van der Waals surface area contributed by atoms with Gasteiger partial charge in [-0.2, -0.15) is 0 Å². The van der Waals surface area contributed by atoms with Gasteiger partial charge in [-0.3, -0.25) is 4.79 Å². The highest BCUT2D eigenvalue weighted by atomic mass is 16.2. The fraction of sp³-hybridized carbons (Fsp3) is 0.688. The van der Waals surface area contributed by atoms with E-state index < -0.39 is 0 Å². The van der Waals surface area contributed by atoms with E-state index >= 15 is 0 Å². The minimum Gasteiger partial charge on any atom is -0.385 e. The summed E-state index contributed by atoms with van der Waals surface area (Å²) in [5.41, 5.74) is 1.22. The minimum atomic E-state index is 0.0257. The van der Waals surface area contributed by atoms with Crippen molar-refractivity contribution < 1.29 is 4.79 Å². The Labute approximate surface area is 127 Å². The Morgan fingerprint density at radius 1 is 1.38 bits per heavy atom. The standard InChI is InChI=1S/C16H26N4O/c1-11(2)15-18-10-13(17-4)14(19-15)16(21)20-8-5-6-12(3)7-9-20/h10-12,17H,5-9H2,1-4H3. The molecule has 1 aliphatic rings. The zero-order valence-corrected chi connectivity index (χ0v) is 13.5. The first-order valence-electron chi connectivity index (χ1n) is 7.87. The maximum atomic E-state index is 12.8. The summed E-state index contributed by atoms with van der Waals surface area (Å²) in [4.78, 5) is 23.6. The summed E-state index contributed by atoms with van der Waals surface area (Å²) >= 11 is 0. The number of nitrogens with zero attached hydrogens (tertiary/aromatic N) is 3. The van der Waals surface area contributed by atoms with E-state index in [1.807, 2.05) is 18.7 Å². The molecule has 1 N–H and O–H groups in total. The smallest absolute Gasteiger partial charge is 0.274 e. The van der Waals surface area contributed by atoms with Crippen LogP contribution in [-0.2, 0) is 0 Å². The van der Waals surface area contributed by atoms with Gasteiger partial charge in [0, 0.05) is 26.1 Å². The van der Waals surface area contributed by atoms with Crippen LogP contribution in [-0.4, -0.2) is 40.9 Å². The molecule has 1 aromatic heterocycles. The Morgan fingerprint density at radius 3 is 2.81 bits per heavy atom. The summed E-state index contributed by atoms with van der Waals surface area (Å²) in [7, 11) is 1.80. The molecule has 5 heteroatoms. The molecule has 1 saturated heterocycles. The fourth-order valence-corrected chi connectivity index (χ4v) is 2.64. The van der Waals surface area contributed by atoms with Crippen molar-refractivity contribution in [1.82, 2.24) is 14.9 Å². The van der Waals surface area contributed by atoms with Crippen LogP contribution in [0.2, 0.25) is 0 Å². The Balaban J connectivity index is 2.26. The lowest BCUT2D eigenvalue weighted by atomic mass is 10.0. The van der Waals surface area contributed by atoms with Crippen molar-refractivity contribution in [3.05, 3.63) is 17.7 Å². The highest BCUT2D eigenvalue weighted by Crippen LogP contribution is 2.21. The van der Waals surface area contributed by atoms with E-state index in [1.54, 1.807) is 13.2 Å². The Kier molecular flexibility index (Phi) is 5.15. The normalized spacial score (nSPS) is 19.5. The van der Waals surface area contributed by atoms with Gasteiger partial charge in [0.2, 0.25) is 0 Å². The number of anilines is 1. The van der Waals surface area contributed by atoms with Crippen molar-refractivity contribution in [2.75, 3.05) is 25.5 Å². The molecule has 1 aromatic rings. The van der Waals surface area contributed by atoms with Gasteiger partial charge in [-0.25, -0.2) is 9.97 Å². The Hall–Kier alpha value is -1.65. The van der Waals surface area contributed by atoms with Gasteiger partial charge in [-0.05, 0) is 25.2 Å². The van der Waals surface area contributed by atoms with Gasteiger partial charge >= 0.3 is 0 Å². The molecule has 116 valence electrons. The van der Waals surface area contributed by atoms with E-state index in [9.17, 15) is 4.79 Å². The summed E-state index contributed by atoms with van der Waals surface area (Å²) in [6.45, 7) is 7.98. The van der Waals surface area contributed by atoms with Gasteiger partial charge in [0.05, 0.1) is 11.9 Å². The van der Waals surface area contributed by atoms with Crippen molar-refractivity contribution >= 4 is 11.6 Å². The van der Waals surface area contributed by atoms with Crippen molar-refractivity contribution in [3.63, 3.8) is 0 Å². The van der Waals surface area contributed by atoms with Crippen LogP contribution in [0.15, 0.2) is 6.20 Å².